The van der Waals surface area contributed by atoms with Crippen LogP contribution >= 0.6 is 11.8 Å². The Labute approximate surface area is 77.3 Å². The SMILES string of the molecule is [CH2]Sc1nnc(C(F)(F)F)n1CC. The minimum absolute atomic E-state index is 0.176. The van der Waals surface area contributed by atoms with E-state index in [1.165, 1.54) is 0 Å². The van der Waals surface area contributed by atoms with Gasteiger partial charge in [0.1, 0.15) is 0 Å². The third kappa shape index (κ3) is 1.96. The van der Waals surface area contributed by atoms with Gasteiger partial charge in [-0.1, -0.05) is 11.8 Å². The molecule has 0 aliphatic carbocycles. The van der Waals surface area contributed by atoms with Gasteiger partial charge in [-0.15, -0.1) is 10.2 Å². The van der Waals surface area contributed by atoms with Gasteiger partial charge in [0.15, 0.2) is 5.16 Å². The van der Waals surface area contributed by atoms with Crippen molar-refractivity contribution in [3.63, 3.8) is 0 Å². The molecule has 0 N–H and O–H groups in total. The number of hydrogen-bond donors (Lipinski definition) is 0. The highest BCUT2D eigenvalue weighted by Gasteiger charge is 2.37. The largest absolute Gasteiger partial charge is 0.451 e. The molecule has 0 spiro atoms. The van der Waals surface area contributed by atoms with E-state index < -0.39 is 12.0 Å². The Hall–Kier alpha value is -0.720. The molecule has 1 rings (SSSR count). The van der Waals surface area contributed by atoms with Gasteiger partial charge in [0.2, 0.25) is 5.82 Å². The number of alkyl halides is 3. The van der Waals surface area contributed by atoms with E-state index in [0.717, 1.165) is 16.3 Å². The zero-order valence-electron chi connectivity index (χ0n) is 6.80. The minimum Gasteiger partial charge on any atom is -0.299 e. The van der Waals surface area contributed by atoms with E-state index in [-0.39, 0.29) is 11.7 Å². The molecule has 1 radical (unpaired) electrons. The van der Waals surface area contributed by atoms with Crippen molar-refractivity contribution in [1.82, 2.24) is 14.8 Å². The van der Waals surface area contributed by atoms with Crippen molar-refractivity contribution in [1.29, 1.82) is 0 Å². The summed E-state index contributed by atoms with van der Waals surface area (Å²) < 4.78 is 37.7. The van der Waals surface area contributed by atoms with Gasteiger partial charge in [-0.25, -0.2) is 0 Å². The lowest BCUT2D eigenvalue weighted by atomic mass is 10.5. The second-order valence-corrected chi connectivity index (χ2v) is 2.85. The molecule has 0 saturated carbocycles. The van der Waals surface area contributed by atoms with Crippen LogP contribution in [-0.2, 0) is 12.7 Å². The van der Waals surface area contributed by atoms with Gasteiger partial charge >= 0.3 is 6.18 Å². The first kappa shape index (κ1) is 10.4. The number of aromatic nitrogens is 3. The smallest absolute Gasteiger partial charge is 0.299 e. The Morgan fingerprint density at radius 3 is 2.46 bits per heavy atom. The number of hydrogen-bond acceptors (Lipinski definition) is 3. The third-order valence-electron chi connectivity index (χ3n) is 1.42. The molecule has 73 valence electrons. The Balaban J connectivity index is 3.16. The average molecular weight is 210 g/mol. The van der Waals surface area contributed by atoms with Gasteiger partial charge in [-0.05, 0) is 6.92 Å². The van der Waals surface area contributed by atoms with Gasteiger partial charge in [0.05, 0.1) is 0 Å². The molecule has 0 unspecified atom stereocenters. The summed E-state index contributed by atoms with van der Waals surface area (Å²) >= 11 is 0.896. The summed E-state index contributed by atoms with van der Waals surface area (Å²) in [7, 11) is 0. The minimum atomic E-state index is -4.45. The maximum atomic E-state index is 12.2. The zero-order chi connectivity index (χ0) is 10.1. The van der Waals surface area contributed by atoms with Crippen LogP contribution in [0.5, 0.6) is 0 Å². The second kappa shape index (κ2) is 3.57. The van der Waals surface area contributed by atoms with Crippen LogP contribution in [0.25, 0.3) is 0 Å². The fourth-order valence-corrected chi connectivity index (χ4v) is 1.36. The summed E-state index contributed by atoms with van der Waals surface area (Å²) in [5, 5.41) is 6.60. The molecular formula is C6H7F3N3S. The average Bonchev–Trinajstić information content (AvgIpc) is 2.45. The van der Waals surface area contributed by atoms with Gasteiger partial charge in [0, 0.05) is 12.8 Å². The van der Waals surface area contributed by atoms with Crippen LogP contribution in [0.3, 0.4) is 0 Å². The number of thioether (sulfide) groups is 1. The quantitative estimate of drug-likeness (QED) is 0.701. The lowest BCUT2D eigenvalue weighted by Gasteiger charge is -2.07. The number of halogens is 3. The summed E-state index contributed by atoms with van der Waals surface area (Å²) in [6.07, 6.45) is -1.06. The molecule has 0 atom stereocenters. The van der Waals surface area contributed by atoms with E-state index in [0.29, 0.717) is 0 Å². The summed E-state index contributed by atoms with van der Waals surface area (Å²) in [5.74, 6) is -0.971. The summed E-state index contributed by atoms with van der Waals surface area (Å²) in [6, 6.07) is 0. The van der Waals surface area contributed by atoms with Crippen LogP contribution in [0.2, 0.25) is 0 Å². The molecule has 1 heterocycles. The third-order valence-corrected chi connectivity index (χ3v) is 1.98. The van der Waals surface area contributed by atoms with E-state index in [1.54, 1.807) is 6.92 Å². The first-order valence-electron chi connectivity index (χ1n) is 3.43. The van der Waals surface area contributed by atoms with Crippen LogP contribution in [0.1, 0.15) is 12.7 Å². The fourth-order valence-electron chi connectivity index (χ4n) is 0.890. The van der Waals surface area contributed by atoms with Crippen molar-refractivity contribution in [3.8, 4) is 0 Å². The van der Waals surface area contributed by atoms with Crippen molar-refractivity contribution in [2.24, 2.45) is 0 Å². The standard InChI is InChI=1S/C6H7F3N3S/c1-3-12-4(6(7,8)9)10-11-5(12)13-2/h2-3H2,1H3. The van der Waals surface area contributed by atoms with E-state index in [9.17, 15) is 13.2 Å². The molecule has 13 heavy (non-hydrogen) atoms. The monoisotopic (exact) mass is 210 g/mol. The Bertz CT molecular complexity index is 294. The van der Waals surface area contributed by atoms with E-state index >= 15 is 0 Å². The van der Waals surface area contributed by atoms with Crippen LogP contribution in [-0.4, -0.2) is 14.8 Å². The van der Waals surface area contributed by atoms with Crippen LogP contribution in [0.4, 0.5) is 13.2 Å². The molecule has 0 fully saturated rings. The van der Waals surface area contributed by atoms with Crippen LogP contribution in [0.15, 0.2) is 5.16 Å². The van der Waals surface area contributed by atoms with Crippen molar-refractivity contribution in [3.05, 3.63) is 12.1 Å². The number of rotatable bonds is 2. The van der Waals surface area contributed by atoms with Crippen LogP contribution in [0, 0.1) is 6.26 Å². The molecule has 0 amide bonds. The van der Waals surface area contributed by atoms with E-state index in [4.69, 9.17) is 0 Å². The Kier molecular flexibility index (Phi) is 2.84. The molecule has 3 nitrogen and oxygen atoms in total. The maximum absolute atomic E-state index is 12.2. The maximum Gasteiger partial charge on any atom is 0.451 e. The predicted molar refractivity (Wildman–Crippen MR) is 41.9 cm³/mol. The zero-order valence-corrected chi connectivity index (χ0v) is 7.61. The number of nitrogens with zero attached hydrogens (tertiary/aromatic N) is 3. The molecule has 0 aliphatic heterocycles. The van der Waals surface area contributed by atoms with Crippen LogP contribution < -0.4 is 0 Å². The molecule has 0 bridgehead atoms. The fraction of sp³-hybridized carbons (Fsp3) is 0.500. The van der Waals surface area contributed by atoms with Crippen molar-refractivity contribution < 1.29 is 13.2 Å². The molecule has 1 aromatic rings. The van der Waals surface area contributed by atoms with Crippen molar-refractivity contribution >= 4 is 11.8 Å². The highest BCUT2D eigenvalue weighted by molar-refractivity contribution is 8.00. The van der Waals surface area contributed by atoms with Gasteiger partial charge in [-0.2, -0.15) is 13.2 Å². The summed E-state index contributed by atoms with van der Waals surface area (Å²) in [5.41, 5.74) is 0. The normalized spacial score (nSPS) is 12.1. The molecule has 0 saturated heterocycles. The Morgan fingerprint density at radius 1 is 1.46 bits per heavy atom. The van der Waals surface area contributed by atoms with Crippen molar-refractivity contribution in [2.75, 3.05) is 0 Å². The van der Waals surface area contributed by atoms with Crippen molar-refractivity contribution in [2.45, 2.75) is 24.8 Å². The lowest BCUT2D eigenvalue weighted by molar-refractivity contribution is -0.147. The first-order chi connectivity index (χ1) is 6.00. The lowest BCUT2D eigenvalue weighted by Crippen LogP contribution is -2.14. The predicted octanol–water partition coefficient (Wildman–Crippen LogP) is 2.20. The molecule has 7 heteroatoms. The first-order valence-corrected chi connectivity index (χ1v) is 4.41. The summed E-state index contributed by atoms with van der Waals surface area (Å²) in [6.45, 7) is 1.78. The summed E-state index contributed by atoms with van der Waals surface area (Å²) in [4.78, 5) is 0. The highest BCUT2D eigenvalue weighted by Crippen LogP contribution is 2.29. The van der Waals surface area contributed by atoms with E-state index in [1.807, 2.05) is 0 Å². The van der Waals surface area contributed by atoms with Gasteiger partial charge < -0.3 is 0 Å². The topological polar surface area (TPSA) is 30.7 Å². The molecule has 0 aromatic carbocycles. The second-order valence-electron chi connectivity index (χ2n) is 2.19. The molecular weight excluding hydrogens is 203 g/mol. The van der Waals surface area contributed by atoms with E-state index in [2.05, 4.69) is 16.5 Å². The Morgan fingerprint density at radius 2 is 2.08 bits per heavy atom. The molecule has 1 aromatic heterocycles. The molecule has 0 aliphatic rings. The van der Waals surface area contributed by atoms with Gasteiger partial charge in [0.25, 0.3) is 0 Å². The van der Waals surface area contributed by atoms with Gasteiger partial charge in [-0.3, -0.25) is 4.57 Å². The highest BCUT2D eigenvalue weighted by atomic mass is 32.2.